The van der Waals surface area contributed by atoms with Crippen LogP contribution in [0.5, 0.6) is 23.0 Å². The molecule has 0 amide bonds. The zero-order chi connectivity index (χ0) is 28.2. The second-order valence-electron chi connectivity index (χ2n) is 8.81. The van der Waals surface area contributed by atoms with Gasteiger partial charge in [0.25, 0.3) is 0 Å². The number of rotatable bonds is 7. The maximum Gasteiger partial charge on any atom is 0.343 e. The highest BCUT2D eigenvalue weighted by Gasteiger charge is 2.32. The number of nitriles is 1. The van der Waals surface area contributed by atoms with Crippen LogP contribution in [0.25, 0.3) is 0 Å². The molecule has 0 saturated heterocycles. The van der Waals surface area contributed by atoms with Crippen molar-refractivity contribution in [3.63, 3.8) is 0 Å². The van der Waals surface area contributed by atoms with Crippen molar-refractivity contribution in [2.24, 2.45) is 5.73 Å². The number of allylic oxidation sites excluding steroid dienone is 1. The van der Waals surface area contributed by atoms with Crippen LogP contribution in [0.2, 0.25) is 5.02 Å². The first-order valence-corrected chi connectivity index (χ1v) is 12.5. The Morgan fingerprint density at radius 1 is 1.05 bits per heavy atom. The van der Waals surface area contributed by atoms with Crippen LogP contribution in [0.4, 0.5) is 4.39 Å². The zero-order valence-corrected chi connectivity index (χ0v) is 21.9. The van der Waals surface area contributed by atoms with Crippen LogP contribution in [0.15, 0.2) is 96.4 Å². The van der Waals surface area contributed by atoms with E-state index in [1.807, 2.05) is 24.3 Å². The quantitative estimate of drug-likeness (QED) is 0.204. The molecule has 1 unspecified atom stereocenters. The fourth-order valence-electron chi connectivity index (χ4n) is 4.35. The first-order valence-electron chi connectivity index (χ1n) is 12.1. The van der Waals surface area contributed by atoms with E-state index in [2.05, 4.69) is 6.07 Å². The van der Waals surface area contributed by atoms with Crippen molar-refractivity contribution in [3.8, 4) is 29.1 Å². The van der Waals surface area contributed by atoms with Crippen molar-refractivity contribution in [2.45, 2.75) is 12.5 Å². The van der Waals surface area contributed by atoms with E-state index in [-0.39, 0.29) is 29.4 Å². The van der Waals surface area contributed by atoms with Gasteiger partial charge in [-0.15, -0.1) is 0 Å². The highest BCUT2D eigenvalue weighted by atomic mass is 35.5. The molecule has 40 heavy (non-hydrogen) atoms. The zero-order valence-electron chi connectivity index (χ0n) is 21.2. The number of halogens is 2. The largest absolute Gasteiger partial charge is 0.493 e. The number of carbonyl (C=O) groups is 1. The van der Waals surface area contributed by atoms with Crippen molar-refractivity contribution in [3.05, 3.63) is 129 Å². The topological polar surface area (TPSA) is 104 Å². The predicted octanol–water partition coefficient (Wildman–Crippen LogP) is 6.50. The molecule has 4 aromatic carbocycles. The maximum absolute atomic E-state index is 13.2. The Bertz CT molecular complexity index is 1660. The Morgan fingerprint density at radius 2 is 1.82 bits per heavy atom. The Hall–Kier alpha value is -5.00. The lowest BCUT2D eigenvalue weighted by Gasteiger charge is -2.27. The average molecular weight is 557 g/mol. The van der Waals surface area contributed by atoms with Crippen molar-refractivity contribution in [2.75, 3.05) is 7.11 Å². The fraction of sp³-hybridized carbons (Fsp3) is 0.0968. The van der Waals surface area contributed by atoms with Crippen LogP contribution in [-0.4, -0.2) is 13.1 Å². The Morgan fingerprint density at radius 3 is 2.55 bits per heavy atom. The summed E-state index contributed by atoms with van der Waals surface area (Å²) >= 11 is 6.25. The van der Waals surface area contributed by atoms with Gasteiger partial charge in [-0.3, -0.25) is 0 Å². The molecule has 1 heterocycles. The summed E-state index contributed by atoms with van der Waals surface area (Å²) in [6, 6.07) is 24.7. The monoisotopic (exact) mass is 556 g/mol. The van der Waals surface area contributed by atoms with Crippen molar-refractivity contribution < 1.29 is 28.1 Å². The highest BCUT2D eigenvalue weighted by Crippen LogP contribution is 2.45. The van der Waals surface area contributed by atoms with E-state index in [4.69, 9.17) is 36.3 Å². The van der Waals surface area contributed by atoms with Gasteiger partial charge in [0, 0.05) is 22.2 Å². The molecule has 0 aliphatic carbocycles. The van der Waals surface area contributed by atoms with E-state index in [1.54, 1.807) is 30.3 Å². The predicted molar refractivity (Wildman–Crippen MR) is 146 cm³/mol. The third-order valence-corrected chi connectivity index (χ3v) is 6.71. The molecule has 0 bridgehead atoms. The number of fused-ring (bicyclic) bond motifs is 1. The molecular weight excluding hydrogens is 535 g/mol. The Kier molecular flexibility index (Phi) is 7.58. The first kappa shape index (κ1) is 26.6. The molecule has 0 saturated carbocycles. The van der Waals surface area contributed by atoms with Crippen LogP contribution < -0.4 is 24.7 Å². The minimum absolute atomic E-state index is 0.0694. The van der Waals surface area contributed by atoms with Crippen molar-refractivity contribution in [1.29, 1.82) is 5.26 Å². The van der Waals surface area contributed by atoms with Gasteiger partial charge in [-0.05, 0) is 54.1 Å². The molecule has 7 nitrogen and oxygen atoms in total. The summed E-state index contributed by atoms with van der Waals surface area (Å²) in [4.78, 5) is 12.5. The molecule has 0 radical (unpaired) electrons. The summed E-state index contributed by atoms with van der Waals surface area (Å²) in [5.41, 5.74) is 8.72. The van der Waals surface area contributed by atoms with Crippen LogP contribution in [0, 0.1) is 17.1 Å². The summed E-state index contributed by atoms with van der Waals surface area (Å²) in [6.07, 6.45) is 0. The molecule has 2 N–H and O–H groups in total. The van der Waals surface area contributed by atoms with Gasteiger partial charge < -0.3 is 24.7 Å². The minimum Gasteiger partial charge on any atom is -0.493 e. The van der Waals surface area contributed by atoms with E-state index in [1.165, 1.54) is 37.4 Å². The third-order valence-electron chi connectivity index (χ3n) is 6.34. The lowest BCUT2D eigenvalue weighted by molar-refractivity contribution is 0.0734. The molecule has 1 aliphatic rings. The summed E-state index contributed by atoms with van der Waals surface area (Å²) in [5.74, 6) is -0.301. The van der Waals surface area contributed by atoms with Crippen LogP contribution in [0.3, 0.4) is 0 Å². The van der Waals surface area contributed by atoms with Gasteiger partial charge in [0.15, 0.2) is 11.5 Å². The van der Waals surface area contributed by atoms with Gasteiger partial charge >= 0.3 is 5.97 Å². The Labute approximate surface area is 234 Å². The van der Waals surface area contributed by atoms with Gasteiger partial charge in [0.05, 0.1) is 18.6 Å². The second kappa shape index (κ2) is 11.4. The molecule has 1 aliphatic heterocycles. The summed E-state index contributed by atoms with van der Waals surface area (Å²) in [7, 11) is 1.52. The number of nitrogens with two attached hydrogens (primary N) is 1. The molecule has 5 rings (SSSR count). The number of nitrogens with zero attached hydrogens (tertiary/aromatic N) is 1. The molecule has 1 atom stereocenters. The van der Waals surface area contributed by atoms with Crippen LogP contribution in [-0.2, 0) is 6.61 Å². The van der Waals surface area contributed by atoms with E-state index >= 15 is 0 Å². The van der Waals surface area contributed by atoms with Crippen molar-refractivity contribution in [1.82, 2.24) is 0 Å². The number of hydrogen-bond donors (Lipinski definition) is 1. The van der Waals surface area contributed by atoms with E-state index in [0.29, 0.717) is 33.4 Å². The number of carbonyl (C=O) groups excluding carboxylic acids is 1. The smallest absolute Gasteiger partial charge is 0.343 e. The maximum atomic E-state index is 13.2. The molecule has 0 fully saturated rings. The summed E-state index contributed by atoms with van der Waals surface area (Å²) in [5, 5.41) is 10.5. The van der Waals surface area contributed by atoms with Crippen molar-refractivity contribution >= 4 is 17.6 Å². The second-order valence-corrected chi connectivity index (χ2v) is 9.22. The van der Waals surface area contributed by atoms with E-state index < -0.39 is 17.7 Å². The molecule has 4 aromatic rings. The number of hydrogen-bond acceptors (Lipinski definition) is 7. The number of benzene rings is 4. The normalized spacial score (nSPS) is 14.0. The number of esters is 1. The van der Waals surface area contributed by atoms with Crippen LogP contribution >= 0.6 is 11.6 Å². The van der Waals surface area contributed by atoms with Gasteiger partial charge in [0.1, 0.15) is 35.6 Å². The standard InChI is InChI=1S/C31H22ClFN2O5/c1-37-28-14-19(8-13-26(28)38-17-20-4-2-3-5-25(20)32)29-23-12-11-22(15-27(23)40-30(35)24(29)16-34)39-31(36)18-6-9-21(33)10-7-18/h2-15,29H,17,35H2,1H3. The molecule has 200 valence electrons. The van der Waals surface area contributed by atoms with Gasteiger partial charge in [0.2, 0.25) is 5.88 Å². The van der Waals surface area contributed by atoms with Crippen LogP contribution in [0.1, 0.15) is 33.0 Å². The minimum atomic E-state index is -0.661. The lowest BCUT2D eigenvalue weighted by Crippen LogP contribution is -2.21. The summed E-state index contributed by atoms with van der Waals surface area (Å²) < 4.78 is 36.0. The summed E-state index contributed by atoms with van der Waals surface area (Å²) in [6.45, 7) is 0.241. The SMILES string of the molecule is COc1cc(C2C(C#N)=C(N)Oc3cc(OC(=O)c4ccc(F)cc4)ccc32)ccc1OCc1ccccc1Cl. The number of ether oxygens (including phenoxy) is 4. The molecule has 0 aromatic heterocycles. The fourth-order valence-corrected chi connectivity index (χ4v) is 4.54. The molecule has 0 spiro atoms. The van der Waals surface area contributed by atoms with E-state index in [9.17, 15) is 14.4 Å². The Balaban J connectivity index is 1.44. The third kappa shape index (κ3) is 5.41. The van der Waals surface area contributed by atoms with E-state index in [0.717, 1.165) is 5.56 Å². The highest BCUT2D eigenvalue weighted by molar-refractivity contribution is 6.31. The average Bonchev–Trinajstić information content (AvgIpc) is 2.96. The van der Waals surface area contributed by atoms with Gasteiger partial charge in [-0.2, -0.15) is 5.26 Å². The van der Waals surface area contributed by atoms with Gasteiger partial charge in [-0.1, -0.05) is 41.9 Å². The first-order chi connectivity index (χ1) is 19.4. The lowest BCUT2D eigenvalue weighted by atomic mass is 9.83. The van der Waals surface area contributed by atoms with Gasteiger partial charge in [-0.25, -0.2) is 9.18 Å². The number of methoxy groups -OCH3 is 1. The molecule has 9 heteroatoms. The molecular formula is C31H22ClFN2O5.